The minimum absolute atomic E-state index is 0.267. The maximum absolute atomic E-state index is 8.93. The van der Waals surface area contributed by atoms with Crippen LogP contribution in [0.15, 0.2) is 0 Å². The SMILES string of the molecule is CCC(CCO)NC(C)CC1COCCN1. The number of nitrogens with one attached hydrogen (secondary N) is 2. The van der Waals surface area contributed by atoms with Crippen molar-refractivity contribution in [1.82, 2.24) is 10.6 Å². The molecule has 0 bridgehead atoms. The Labute approximate surface area is 98.8 Å². The molecule has 0 radical (unpaired) electrons. The van der Waals surface area contributed by atoms with Gasteiger partial charge in [-0.25, -0.2) is 0 Å². The third kappa shape index (κ3) is 5.25. The van der Waals surface area contributed by atoms with Gasteiger partial charge in [-0.3, -0.25) is 0 Å². The van der Waals surface area contributed by atoms with Gasteiger partial charge in [-0.05, 0) is 26.2 Å². The Kier molecular flexibility index (Phi) is 6.96. The summed E-state index contributed by atoms with van der Waals surface area (Å²) in [7, 11) is 0. The molecule has 4 heteroatoms. The molecule has 0 aromatic rings. The smallest absolute Gasteiger partial charge is 0.0620 e. The highest BCUT2D eigenvalue weighted by atomic mass is 16.5. The number of aliphatic hydroxyl groups excluding tert-OH is 1. The van der Waals surface area contributed by atoms with Crippen LogP contribution in [-0.4, -0.2) is 49.6 Å². The molecule has 0 saturated carbocycles. The molecule has 16 heavy (non-hydrogen) atoms. The quantitative estimate of drug-likeness (QED) is 0.596. The number of rotatable bonds is 7. The van der Waals surface area contributed by atoms with Crippen LogP contribution in [0.5, 0.6) is 0 Å². The van der Waals surface area contributed by atoms with E-state index in [1.54, 1.807) is 0 Å². The van der Waals surface area contributed by atoms with E-state index in [1.807, 2.05) is 0 Å². The van der Waals surface area contributed by atoms with Crippen molar-refractivity contribution in [3.05, 3.63) is 0 Å². The molecule has 4 nitrogen and oxygen atoms in total. The fraction of sp³-hybridized carbons (Fsp3) is 1.00. The largest absolute Gasteiger partial charge is 0.396 e. The van der Waals surface area contributed by atoms with Gasteiger partial charge in [-0.2, -0.15) is 0 Å². The van der Waals surface area contributed by atoms with E-state index < -0.39 is 0 Å². The highest BCUT2D eigenvalue weighted by Gasteiger charge is 2.17. The van der Waals surface area contributed by atoms with Crippen LogP contribution in [0.3, 0.4) is 0 Å². The average Bonchev–Trinajstić information content (AvgIpc) is 2.29. The predicted octanol–water partition coefficient (Wildman–Crippen LogP) is 0.504. The first kappa shape index (κ1) is 13.9. The first-order valence-electron chi connectivity index (χ1n) is 6.44. The standard InChI is InChI=1S/C12H26N2O2/c1-3-11(4-6-15)14-10(2)8-12-9-16-7-5-13-12/h10-15H,3-9H2,1-2H3. The van der Waals surface area contributed by atoms with E-state index in [-0.39, 0.29) is 6.61 Å². The summed E-state index contributed by atoms with van der Waals surface area (Å²) >= 11 is 0. The minimum atomic E-state index is 0.267. The third-order valence-electron chi connectivity index (χ3n) is 3.13. The highest BCUT2D eigenvalue weighted by molar-refractivity contribution is 4.78. The number of ether oxygens (including phenoxy) is 1. The van der Waals surface area contributed by atoms with Gasteiger partial charge >= 0.3 is 0 Å². The fourth-order valence-corrected chi connectivity index (χ4v) is 2.23. The van der Waals surface area contributed by atoms with Gasteiger partial charge in [0.2, 0.25) is 0 Å². The van der Waals surface area contributed by atoms with Crippen molar-refractivity contribution in [2.24, 2.45) is 0 Å². The van der Waals surface area contributed by atoms with Crippen LogP contribution in [-0.2, 0) is 4.74 Å². The third-order valence-corrected chi connectivity index (χ3v) is 3.13. The zero-order chi connectivity index (χ0) is 11.8. The van der Waals surface area contributed by atoms with Gasteiger partial charge in [0.05, 0.1) is 13.2 Å². The summed E-state index contributed by atoms with van der Waals surface area (Å²) in [6.45, 7) is 7.25. The van der Waals surface area contributed by atoms with E-state index in [2.05, 4.69) is 24.5 Å². The number of hydrogen-bond donors (Lipinski definition) is 3. The van der Waals surface area contributed by atoms with Crippen molar-refractivity contribution in [1.29, 1.82) is 0 Å². The summed E-state index contributed by atoms with van der Waals surface area (Å²) in [5, 5.41) is 15.9. The van der Waals surface area contributed by atoms with Crippen LogP contribution in [0.25, 0.3) is 0 Å². The van der Waals surface area contributed by atoms with Gasteiger partial charge in [-0.15, -0.1) is 0 Å². The van der Waals surface area contributed by atoms with Crippen molar-refractivity contribution in [2.45, 2.75) is 51.2 Å². The fourth-order valence-electron chi connectivity index (χ4n) is 2.23. The predicted molar refractivity (Wildman–Crippen MR) is 65.6 cm³/mol. The van der Waals surface area contributed by atoms with Crippen molar-refractivity contribution >= 4 is 0 Å². The summed E-state index contributed by atoms with van der Waals surface area (Å²) in [6, 6.07) is 1.38. The molecular formula is C12H26N2O2. The molecule has 3 N–H and O–H groups in total. The Bertz CT molecular complexity index is 166. The molecule has 1 fully saturated rings. The molecule has 1 aliphatic heterocycles. The lowest BCUT2D eigenvalue weighted by atomic mass is 10.1. The molecule has 0 spiro atoms. The lowest BCUT2D eigenvalue weighted by molar-refractivity contribution is 0.0705. The van der Waals surface area contributed by atoms with Crippen LogP contribution < -0.4 is 10.6 Å². The second-order valence-corrected chi connectivity index (χ2v) is 4.65. The molecule has 96 valence electrons. The van der Waals surface area contributed by atoms with Crippen molar-refractivity contribution < 1.29 is 9.84 Å². The number of hydrogen-bond acceptors (Lipinski definition) is 4. The van der Waals surface area contributed by atoms with Crippen LogP contribution >= 0.6 is 0 Å². The van der Waals surface area contributed by atoms with E-state index >= 15 is 0 Å². The molecule has 0 aromatic heterocycles. The van der Waals surface area contributed by atoms with E-state index in [0.29, 0.717) is 18.1 Å². The Hall–Kier alpha value is -0.160. The number of morpholine rings is 1. The molecule has 0 aromatic carbocycles. The van der Waals surface area contributed by atoms with Crippen LogP contribution in [0.1, 0.15) is 33.1 Å². The van der Waals surface area contributed by atoms with Crippen molar-refractivity contribution in [3.63, 3.8) is 0 Å². The van der Waals surface area contributed by atoms with Gasteiger partial charge in [-0.1, -0.05) is 6.92 Å². The van der Waals surface area contributed by atoms with Gasteiger partial charge < -0.3 is 20.5 Å². The molecule has 1 heterocycles. The summed E-state index contributed by atoms with van der Waals surface area (Å²) in [4.78, 5) is 0. The molecule has 1 rings (SSSR count). The maximum atomic E-state index is 8.93. The minimum Gasteiger partial charge on any atom is -0.396 e. The van der Waals surface area contributed by atoms with Gasteiger partial charge in [0.1, 0.15) is 0 Å². The normalized spacial score (nSPS) is 25.3. The number of aliphatic hydroxyl groups is 1. The Morgan fingerprint density at radius 3 is 2.94 bits per heavy atom. The van der Waals surface area contributed by atoms with Crippen molar-refractivity contribution in [2.75, 3.05) is 26.4 Å². The first-order valence-corrected chi connectivity index (χ1v) is 6.44. The lowest BCUT2D eigenvalue weighted by Crippen LogP contribution is -2.46. The summed E-state index contributed by atoms with van der Waals surface area (Å²) in [6.07, 6.45) is 3.00. The monoisotopic (exact) mass is 230 g/mol. The topological polar surface area (TPSA) is 53.5 Å². The zero-order valence-corrected chi connectivity index (χ0v) is 10.5. The lowest BCUT2D eigenvalue weighted by Gasteiger charge is -2.28. The Morgan fingerprint density at radius 1 is 1.56 bits per heavy atom. The maximum Gasteiger partial charge on any atom is 0.0620 e. The van der Waals surface area contributed by atoms with E-state index in [9.17, 15) is 0 Å². The molecule has 3 unspecified atom stereocenters. The molecule has 1 saturated heterocycles. The second-order valence-electron chi connectivity index (χ2n) is 4.65. The molecule has 3 atom stereocenters. The average molecular weight is 230 g/mol. The Morgan fingerprint density at radius 2 is 2.38 bits per heavy atom. The molecule has 0 amide bonds. The summed E-state index contributed by atoms with van der Waals surface area (Å²) < 4.78 is 5.43. The van der Waals surface area contributed by atoms with Crippen molar-refractivity contribution in [3.8, 4) is 0 Å². The molecular weight excluding hydrogens is 204 g/mol. The zero-order valence-electron chi connectivity index (χ0n) is 10.5. The van der Waals surface area contributed by atoms with E-state index in [4.69, 9.17) is 9.84 Å². The second kappa shape index (κ2) is 8.01. The van der Waals surface area contributed by atoms with Crippen LogP contribution in [0, 0.1) is 0 Å². The van der Waals surface area contributed by atoms with Gasteiger partial charge in [0.25, 0.3) is 0 Å². The van der Waals surface area contributed by atoms with E-state index in [0.717, 1.165) is 39.0 Å². The molecule has 0 aliphatic carbocycles. The summed E-state index contributed by atoms with van der Waals surface area (Å²) in [5.41, 5.74) is 0. The van der Waals surface area contributed by atoms with Crippen LogP contribution in [0.2, 0.25) is 0 Å². The first-order chi connectivity index (χ1) is 7.76. The van der Waals surface area contributed by atoms with Gasteiger partial charge in [0, 0.05) is 31.3 Å². The Balaban J connectivity index is 2.19. The van der Waals surface area contributed by atoms with E-state index in [1.165, 1.54) is 0 Å². The molecule has 1 aliphatic rings. The summed E-state index contributed by atoms with van der Waals surface area (Å²) in [5.74, 6) is 0. The van der Waals surface area contributed by atoms with Gasteiger partial charge in [0.15, 0.2) is 0 Å². The van der Waals surface area contributed by atoms with Crippen LogP contribution in [0.4, 0.5) is 0 Å². The highest BCUT2D eigenvalue weighted by Crippen LogP contribution is 2.05.